The van der Waals surface area contributed by atoms with Crippen LogP contribution in [0.25, 0.3) is 0 Å². The third kappa shape index (κ3) is 5.33. The van der Waals surface area contributed by atoms with Gasteiger partial charge < -0.3 is 20.1 Å². The number of methoxy groups -OCH3 is 1. The van der Waals surface area contributed by atoms with Gasteiger partial charge in [0, 0.05) is 19.5 Å². The molecule has 0 unspecified atom stereocenters. The van der Waals surface area contributed by atoms with Gasteiger partial charge in [-0.05, 0) is 37.1 Å². The maximum Gasteiger partial charge on any atom is 0.337 e. The molecule has 0 aromatic heterocycles. The highest BCUT2D eigenvalue weighted by Crippen LogP contribution is 2.25. The molecule has 1 heterocycles. The maximum absolute atomic E-state index is 11.5. The largest absolute Gasteiger partial charge is 0.465 e. The van der Waals surface area contributed by atoms with Gasteiger partial charge in [0.1, 0.15) is 0 Å². The molecule has 1 amide bonds. The van der Waals surface area contributed by atoms with Crippen molar-refractivity contribution in [3.05, 3.63) is 35.4 Å². The summed E-state index contributed by atoms with van der Waals surface area (Å²) < 4.78 is 10.5. The summed E-state index contributed by atoms with van der Waals surface area (Å²) in [5, 5.41) is 6.20. The minimum atomic E-state index is -0.327. The van der Waals surface area contributed by atoms with Crippen LogP contribution >= 0.6 is 0 Å². The van der Waals surface area contributed by atoms with Crippen molar-refractivity contribution in [2.75, 3.05) is 26.8 Å². The van der Waals surface area contributed by atoms with Crippen LogP contribution in [0.2, 0.25) is 0 Å². The number of carbonyl (C=O) groups is 2. The number of carbonyl (C=O) groups excluding carboxylic acids is 2. The molecule has 0 spiro atoms. The predicted octanol–water partition coefficient (Wildman–Crippen LogP) is 1.42. The first-order valence-electron chi connectivity index (χ1n) is 7.88. The zero-order chi connectivity index (χ0) is 16.7. The van der Waals surface area contributed by atoms with Crippen LogP contribution in [0.4, 0.5) is 0 Å². The Bertz CT molecular complexity index is 530. The molecule has 2 rings (SSSR count). The number of hydrogen-bond acceptors (Lipinski definition) is 5. The third-order valence-electron chi connectivity index (χ3n) is 3.92. The van der Waals surface area contributed by atoms with Crippen LogP contribution in [0.15, 0.2) is 24.3 Å². The Labute approximate surface area is 136 Å². The Kier molecular flexibility index (Phi) is 6.55. The Hall–Kier alpha value is -1.92. The molecule has 1 aromatic rings. The Morgan fingerprint density at radius 1 is 1.30 bits per heavy atom. The Morgan fingerprint density at radius 2 is 2.04 bits per heavy atom. The molecule has 2 atom stereocenters. The lowest BCUT2D eigenvalue weighted by Gasteiger charge is -2.30. The summed E-state index contributed by atoms with van der Waals surface area (Å²) >= 11 is 0. The number of nitrogens with one attached hydrogen (secondary N) is 2. The number of hydrogen-bond donors (Lipinski definition) is 2. The van der Waals surface area contributed by atoms with E-state index in [0.717, 1.165) is 24.9 Å². The van der Waals surface area contributed by atoms with E-state index in [1.54, 1.807) is 12.1 Å². The molecule has 1 saturated heterocycles. The van der Waals surface area contributed by atoms with Crippen molar-refractivity contribution in [3.63, 3.8) is 0 Å². The van der Waals surface area contributed by atoms with Crippen molar-refractivity contribution in [2.45, 2.75) is 31.9 Å². The molecule has 23 heavy (non-hydrogen) atoms. The minimum absolute atomic E-state index is 0.0394. The summed E-state index contributed by atoms with van der Waals surface area (Å²) in [5.74, 6) is -0.366. The van der Waals surface area contributed by atoms with Crippen molar-refractivity contribution >= 4 is 11.9 Å². The normalized spacial score (nSPS) is 20.8. The monoisotopic (exact) mass is 320 g/mol. The first-order chi connectivity index (χ1) is 11.1. The summed E-state index contributed by atoms with van der Waals surface area (Å²) in [6.45, 7) is 3.45. The summed E-state index contributed by atoms with van der Waals surface area (Å²) in [7, 11) is 1.38. The van der Waals surface area contributed by atoms with Gasteiger partial charge in [-0.15, -0.1) is 0 Å². The molecule has 2 N–H and O–H groups in total. The topological polar surface area (TPSA) is 76.7 Å². The molecular formula is C17H24N2O4. The lowest BCUT2D eigenvalue weighted by Crippen LogP contribution is -2.37. The van der Waals surface area contributed by atoms with Gasteiger partial charge in [-0.3, -0.25) is 4.79 Å². The first kappa shape index (κ1) is 17.4. The number of ether oxygens (including phenoxy) is 2. The first-order valence-corrected chi connectivity index (χ1v) is 7.88. The zero-order valence-corrected chi connectivity index (χ0v) is 13.6. The van der Waals surface area contributed by atoms with E-state index in [2.05, 4.69) is 10.6 Å². The van der Waals surface area contributed by atoms with Gasteiger partial charge in [0.05, 0.1) is 25.4 Å². The van der Waals surface area contributed by atoms with Crippen LogP contribution in [0.3, 0.4) is 0 Å². The van der Waals surface area contributed by atoms with E-state index in [1.165, 1.54) is 14.0 Å². The van der Waals surface area contributed by atoms with Crippen LogP contribution in [0.5, 0.6) is 0 Å². The Balaban J connectivity index is 1.85. The van der Waals surface area contributed by atoms with E-state index in [1.807, 2.05) is 12.1 Å². The molecule has 1 fully saturated rings. The van der Waals surface area contributed by atoms with E-state index in [-0.39, 0.29) is 24.0 Å². The number of rotatable bonds is 6. The van der Waals surface area contributed by atoms with E-state index >= 15 is 0 Å². The van der Waals surface area contributed by atoms with Gasteiger partial charge in [0.15, 0.2) is 0 Å². The van der Waals surface area contributed by atoms with Crippen LogP contribution in [0, 0.1) is 0 Å². The highest BCUT2D eigenvalue weighted by Gasteiger charge is 2.23. The molecule has 0 aliphatic carbocycles. The molecular weight excluding hydrogens is 296 g/mol. The molecule has 6 heteroatoms. The van der Waals surface area contributed by atoms with Crippen molar-refractivity contribution in [2.24, 2.45) is 0 Å². The fourth-order valence-electron chi connectivity index (χ4n) is 2.71. The maximum atomic E-state index is 11.5. The van der Waals surface area contributed by atoms with Crippen molar-refractivity contribution in [1.29, 1.82) is 0 Å². The average Bonchev–Trinajstić information content (AvgIpc) is 2.58. The molecule has 0 radical (unpaired) electrons. The van der Waals surface area contributed by atoms with Crippen LogP contribution in [-0.4, -0.2) is 44.8 Å². The average molecular weight is 320 g/mol. The Morgan fingerprint density at radius 3 is 2.70 bits per heavy atom. The second-order valence-corrected chi connectivity index (χ2v) is 5.62. The summed E-state index contributed by atoms with van der Waals surface area (Å²) in [6.07, 6.45) is 2.00. The van der Waals surface area contributed by atoms with E-state index in [9.17, 15) is 9.59 Å². The van der Waals surface area contributed by atoms with Gasteiger partial charge in [0.2, 0.25) is 5.91 Å². The van der Waals surface area contributed by atoms with Gasteiger partial charge in [-0.1, -0.05) is 12.1 Å². The predicted molar refractivity (Wildman–Crippen MR) is 86.2 cm³/mol. The van der Waals surface area contributed by atoms with Gasteiger partial charge in [-0.25, -0.2) is 4.79 Å². The fraction of sp³-hybridized carbons (Fsp3) is 0.529. The van der Waals surface area contributed by atoms with Crippen LogP contribution < -0.4 is 10.6 Å². The summed E-state index contributed by atoms with van der Waals surface area (Å²) in [5.41, 5.74) is 1.68. The highest BCUT2D eigenvalue weighted by molar-refractivity contribution is 5.89. The zero-order valence-electron chi connectivity index (χ0n) is 13.6. The minimum Gasteiger partial charge on any atom is -0.465 e. The number of esters is 1. The lowest BCUT2D eigenvalue weighted by molar-refractivity contribution is -0.119. The van der Waals surface area contributed by atoms with Gasteiger partial charge >= 0.3 is 5.97 Å². The van der Waals surface area contributed by atoms with E-state index in [4.69, 9.17) is 9.47 Å². The second-order valence-electron chi connectivity index (χ2n) is 5.62. The molecule has 1 aliphatic heterocycles. The fourth-order valence-corrected chi connectivity index (χ4v) is 2.71. The standard InChI is InChI=1S/C17H24N2O4/c1-12(20)18-9-10-23-15-7-8-19-16(11-15)13-3-5-14(6-4-13)17(21)22-2/h3-6,15-16,19H,7-11H2,1-2H3,(H,18,20)/t15-,16-/m0/s1. The van der Waals surface area contributed by atoms with E-state index in [0.29, 0.717) is 18.7 Å². The summed E-state index contributed by atoms with van der Waals surface area (Å²) in [4.78, 5) is 22.3. The molecule has 6 nitrogen and oxygen atoms in total. The van der Waals surface area contributed by atoms with Crippen molar-refractivity contribution in [3.8, 4) is 0 Å². The van der Waals surface area contributed by atoms with Gasteiger partial charge in [-0.2, -0.15) is 0 Å². The number of piperidine rings is 1. The summed E-state index contributed by atoms with van der Waals surface area (Å²) in [6, 6.07) is 7.67. The molecule has 1 aromatic carbocycles. The van der Waals surface area contributed by atoms with Crippen molar-refractivity contribution in [1.82, 2.24) is 10.6 Å². The molecule has 0 saturated carbocycles. The lowest BCUT2D eigenvalue weighted by atomic mass is 9.95. The number of amides is 1. The highest BCUT2D eigenvalue weighted by atomic mass is 16.5. The second kappa shape index (κ2) is 8.64. The SMILES string of the molecule is COC(=O)c1ccc([C@@H]2C[C@@H](OCCNC(C)=O)CCN2)cc1. The van der Waals surface area contributed by atoms with Crippen LogP contribution in [-0.2, 0) is 14.3 Å². The van der Waals surface area contributed by atoms with Gasteiger partial charge in [0.25, 0.3) is 0 Å². The molecule has 0 bridgehead atoms. The van der Waals surface area contributed by atoms with Crippen LogP contribution in [0.1, 0.15) is 41.7 Å². The van der Waals surface area contributed by atoms with Crippen molar-refractivity contribution < 1.29 is 19.1 Å². The molecule has 1 aliphatic rings. The van der Waals surface area contributed by atoms with E-state index < -0.39 is 0 Å². The third-order valence-corrected chi connectivity index (χ3v) is 3.92. The quantitative estimate of drug-likeness (QED) is 0.612. The smallest absolute Gasteiger partial charge is 0.337 e. The molecule has 126 valence electrons. The number of benzene rings is 1.